The van der Waals surface area contributed by atoms with Crippen molar-refractivity contribution >= 4 is 5.78 Å². The zero-order valence-electron chi connectivity index (χ0n) is 26.4. The van der Waals surface area contributed by atoms with Gasteiger partial charge in [-0.25, -0.2) is 0 Å². The smallest absolute Gasteiger partial charge is 0.252 e. The van der Waals surface area contributed by atoms with Gasteiger partial charge in [0.2, 0.25) is 0 Å². The molecule has 0 saturated carbocycles. The van der Waals surface area contributed by atoms with Gasteiger partial charge in [-0.15, -0.1) is 0 Å². The number of hydrogen-bond donors (Lipinski definition) is 4. The summed E-state index contributed by atoms with van der Waals surface area (Å²) in [4.78, 5) is 10.9. The van der Waals surface area contributed by atoms with Crippen molar-refractivity contribution in [3.05, 3.63) is 95.1 Å². The molecule has 3 aromatic rings. The summed E-state index contributed by atoms with van der Waals surface area (Å²) in [7, 11) is 0. The van der Waals surface area contributed by atoms with Crippen LogP contribution in [0.25, 0.3) is 0 Å². The van der Waals surface area contributed by atoms with Crippen molar-refractivity contribution in [2.75, 3.05) is 0 Å². The zero-order chi connectivity index (χ0) is 32.2. The Hall–Kier alpha value is -4.39. The summed E-state index contributed by atoms with van der Waals surface area (Å²) in [6, 6.07) is 16.4. The lowest BCUT2D eigenvalue weighted by atomic mass is 9.69. The molecule has 230 valence electrons. The fourth-order valence-electron chi connectivity index (χ4n) is 5.58. The van der Waals surface area contributed by atoms with Crippen LogP contribution in [0, 0.1) is 0 Å². The minimum Gasteiger partial charge on any atom is -0.508 e. The lowest BCUT2D eigenvalue weighted by Gasteiger charge is -2.51. The summed E-state index contributed by atoms with van der Waals surface area (Å²) in [6.45, 7) is 16.3. The molecule has 0 aliphatic carbocycles. The second-order valence-corrected chi connectivity index (χ2v) is 13.0. The number of ether oxygens (including phenoxy) is 2. The molecule has 0 unspecified atom stereocenters. The molecule has 0 amide bonds. The molecule has 1 spiro atoms. The summed E-state index contributed by atoms with van der Waals surface area (Å²) in [6.07, 6.45) is 4.65. The van der Waals surface area contributed by atoms with E-state index in [1.54, 1.807) is 42.5 Å². The maximum Gasteiger partial charge on any atom is 0.252 e. The molecule has 0 aromatic heterocycles. The number of phenolic OH excluding ortho intramolecular Hbond substituents is 4. The number of aromatic hydroxyl groups is 4. The standard InChI is InChI=1S/C21H24O4.C9H14O.C6H6O2/c1-19(2)11-21(24-17-9-13(22)5-7-15(17)19)12-20(3,4)16-8-6-14(23)10-18(16)25-21;1-7(2)5-9(10)6-8(3)4;7-5-2-1-3-6(8)4-5/h5-10,22-23H,11-12H2,1-4H3;5-6H,1-4H3;1-4,7-8H. The normalized spacial score (nSPS) is 16.2. The molecule has 7 heteroatoms. The van der Waals surface area contributed by atoms with Gasteiger partial charge in [0.15, 0.2) is 5.78 Å². The van der Waals surface area contributed by atoms with Crippen LogP contribution in [0.5, 0.6) is 34.5 Å². The number of benzene rings is 3. The number of rotatable bonds is 2. The van der Waals surface area contributed by atoms with Crippen LogP contribution in [-0.4, -0.2) is 32.0 Å². The third-order valence-corrected chi connectivity index (χ3v) is 7.09. The van der Waals surface area contributed by atoms with Crippen LogP contribution in [0.4, 0.5) is 0 Å². The maximum absolute atomic E-state index is 10.9. The van der Waals surface area contributed by atoms with Crippen molar-refractivity contribution in [3.8, 4) is 34.5 Å². The highest BCUT2D eigenvalue weighted by molar-refractivity contribution is 5.99. The van der Waals surface area contributed by atoms with Crippen molar-refractivity contribution in [3.63, 3.8) is 0 Å². The second-order valence-electron chi connectivity index (χ2n) is 13.0. The first-order chi connectivity index (χ1) is 19.9. The van der Waals surface area contributed by atoms with E-state index >= 15 is 0 Å². The molecule has 0 bridgehead atoms. The van der Waals surface area contributed by atoms with E-state index in [0.717, 1.165) is 22.3 Å². The van der Waals surface area contributed by atoms with Crippen LogP contribution in [0.2, 0.25) is 0 Å². The third-order valence-electron chi connectivity index (χ3n) is 7.09. The van der Waals surface area contributed by atoms with Gasteiger partial charge in [0.05, 0.1) is 0 Å². The summed E-state index contributed by atoms with van der Waals surface area (Å²) < 4.78 is 12.7. The average molecular weight is 589 g/mol. The number of carbonyl (C=O) groups is 1. The number of ketones is 1. The zero-order valence-corrected chi connectivity index (χ0v) is 26.4. The Kier molecular flexibility index (Phi) is 9.90. The lowest BCUT2D eigenvalue weighted by Crippen LogP contribution is -2.55. The molecular formula is C36H44O7. The Morgan fingerprint density at radius 2 is 1.00 bits per heavy atom. The SMILES string of the molecule is CC(C)=CC(=O)C=C(C)C.CC1(C)CC2(CC(C)(C)c3ccc(O)cc3O2)Oc2cc(O)ccc21.Oc1cccc(O)c1. The molecule has 2 aliphatic rings. The van der Waals surface area contributed by atoms with Gasteiger partial charge in [0, 0.05) is 53.0 Å². The van der Waals surface area contributed by atoms with E-state index in [-0.39, 0.29) is 39.6 Å². The summed E-state index contributed by atoms with van der Waals surface area (Å²) in [5.41, 5.74) is 3.90. The summed E-state index contributed by atoms with van der Waals surface area (Å²) in [5, 5.41) is 37.1. The molecule has 3 aromatic carbocycles. The summed E-state index contributed by atoms with van der Waals surface area (Å²) in [5.74, 6) is 1.12. The predicted octanol–water partition coefficient (Wildman–Crippen LogP) is 8.20. The van der Waals surface area contributed by atoms with Gasteiger partial charge in [0.25, 0.3) is 5.79 Å². The quantitative estimate of drug-likeness (QED) is 0.223. The molecule has 0 atom stereocenters. The van der Waals surface area contributed by atoms with Crippen LogP contribution in [0.1, 0.15) is 79.4 Å². The first-order valence-electron chi connectivity index (χ1n) is 14.3. The number of phenols is 4. The van der Waals surface area contributed by atoms with Crippen molar-refractivity contribution < 1.29 is 34.7 Å². The van der Waals surface area contributed by atoms with E-state index in [9.17, 15) is 15.0 Å². The molecule has 0 fully saturated rings. The molecule has 43 heavy (non-hydrogen) atoms. The van der Waals surface area contributed by atoms with Crippen molar-refractivity contribution in [1.29, 1.82) is 0 Å². The van der Waals surface area contributed by atoms with Crippen molar-refractivity contribution in [2.45, 2.75) is 84.8 Å². The van der Waals surface area contributed by atoms with Gasteiger partial charge < -0.3 is 29.9 Å². The molecular weight excluding hydrogens is 544 g/mol. The molecule has 2 aliphatic heterocycles. The van der Waals surface area contributed by atoms with Gasteiger partial charge in [-0.1, -0.05) is 57.0 Å². The number of hydrogen-bond acceptors (Lipinski definition) is 7. The topological polar surface area (TPSA) is 116 Å². The molecule has 0 radical (unpaired) electrons. The first kappa shape index (κ1) is 33.1. The summed E-state index contributed by atoms with van der Waals surface area (Å²) >= 11 is 0. The van der Waals surface area contributed by atoms with E-state index in [0.29, 0.717) is 24.3 Å². The van der Waals surface area contributed by atoms with Gasteiger partial charge >= 0.3 is 0 Å². The van der Waals surface area contributed by atoms with E-state index in [1.807, 2.05) is 39.8 Å². The van der Waals surface area contributed by atoms with E-state index in [4.69, 9.17) is 19.7 Å². The maximum atomic E-state index is 10.9. The number of fused-ring (bicyclic) bond motifs is 2. The average Bonchev–Trinajstić information content (AvgIpc) is 2.81. The minimum absolute atomic E-state index is 0.0833. The molecule has 0 saturated heterocycles. The highest BCUT2D eigenvalue weighted by atomic mass is 16.7. The first-order valence-corrected chi connectivity index (χ1v) is 14.3. The Labute approximate surface area is 254 Å². The predicted molar refractivity (Wildman–Crippen MR) is 169 cm³/mol. The largest absolute Gasteiger partial charge is 0.508 e. The van der Waals surface area contributed by atoms with Gasteiger partial charge in [-0.3, -0.25) is 4.79 Å². The minimum atomic E-state index is -0.825. The Morgan fingerprint density at radius 1 is 0.628 bits per heavy atom. The van der Waals surface area contributed by atoms with Crippen LogP contribution in [-0.2, 0) is 15.6 Å². The van der Waals surface area contributed by atoms with Crippen LogP contribution >= 0.6 is 0 Å². The molecule has 7 nitrogen and oxygen atoms in total. The van der Waals surface area contributed by atoms with E-state index in [2.05, 4.69) is 27.7 Å². The van der Waals surface area contributed by atoms with Crippen molar-refractivity contribution in [1.82, 2.24) is 0 Å². The van der Waals surface area contributed by atoms with Gasteiger partial charge in [-0.2, -0.15) is 0 Å². The number of allylic oxidation sites excluding steroid dienone is 4. The monoisotopic (exact) mass is 588 g/mol. The number of carbonyl (C=O) groups excluding carboxylic acids is 1. The Balaban J connectivity index is 0.000000231. The Morgan fingerprint density at radius 3 is 1.33 bits per heavy atom. The highest BCUT2D eigenvalue weighted by Crippen LogP contribution is 2.54. The van der Waals surface area contributed by atoms with Gasteiger partial charge in [0.1, 0.15) is 34.5 Å². The highest BCUT2D eigenvalue weighted by Gasteiger charge is 2.53. The third kappa shape index (κ3) is 8.80. The van der Waals surface area contributed by atoms with Crippen LogP contribution < -0.4 is 9.47 Å². The fraction of sp³-hybridized carbons (Fsp3) is 0.361. The molecule has 5 rings (SSSR count). The molecule has 2 heterocycles. The molecule has 4 N–H and O–H groups in total. The van der Waals surface area contributed by atoms with E-state index < -0.39 is 5.79 Å². The van der Waals surface area contributed by atoms with Crippen LogP contribution in [0.15, 0.2) is 84.0 Å². The fourth-order valence-corrected chi connectivity index (χ4v) is 5.58. The van der Waals surface area contributed by atoms with Crippen LogP contribution in [0.3, 0.4) is 0 Å². The Bertz CT molecular complexity index is 1410. The lowest BCUT2D eigenvalue weighted by molar-refractivity contribution is -0.166. The van der Waals surface area contributed by atoms with Gasteiger partial charge in [-0.05, 0) is 64.1 Å². The van der Waals surface area contributed by atoms with E-state index in [1.165, 1.54) is 18.2 Å². The second kappa shape index (κ2) is 12.9. The van der Waals surface area contributed by atoms with Crippen molar-refractivity contribution in [2.24, 2.45) is 0 Å².